The van der Waals surface area contributed by atoms with Crippen LogP contribution >= 0.6 is 0 Å². The number of hydrogen-bond acceptors (Lipinski definition) is 4. The van der Waals surface area contributed by atoms with E-state index in [0.29, 0.717) is 5.70 Å². The van der Waals surface area contributed by atoms with E-state index >= 15 is 0 Å². The summed E-state index contributed by atoms with van der Waals surface area (Å²) in [5, 5.41) is 2.75. The molecule has 0 atom stereocenters. The van der Waals surface area contributed by atoms with Gasteiger partial charge in [-0.25, -0.2) is 4.79 Å². The number of urea groups is 1. The van der Waals surface area contributed by atoms with Crippen molar-refractivity contribution in [2.45, 2.75) is 38.1 Å². The molecule has 1 saturated carbocycles. The highest BCUT2D eigenvalue weighted by atomic mass is 16.5. The largest absolute Gasteiger partial charge is 0.378 e. The van der Waals surface area contributed by atoms with Gasteiger partial charge in [0.2, 0.25) is 0 Å². The zero-order chi connectivity index (χ0) is 17.9. The van der Waals surface area contributed by atoms with Gasteiger partial charge >= 0.3 is 6.03 Å². The molecule has 2 saturated heterocycles. The predicted octanol–water partition coefficient (Wildman–Crippen LogP) is 2.75. The van der Waals surface area contributed by atoms with Crippen LogP contribution in [0.5, 0.6) is 0 Å². The van der Waals surface area contributed by atoms with Crippen LogP contribution in [-0.4, -0.2) is 49.2 Å². The second-order valence-electron chi connectivity index (χ2n) is 7.15. The minimum Gasteiger partial charge on any atom is -0.378 e. The van der Waals surface area contributed by atoms with Gasteiger partial charge in [-0.3, -0.25) is 9.69 Å². The molecule has 3 aliphatic rings. The van der Waals surface area contributed by atoms with Crippen LogP contribution in [0.15, 0.2) is 30.0 Å². The normalized spacial score (nSPS) is 23.6. The van der Waals surface area contributed by atoms with E-state index in [-0.39, 0.29) is 18.0 Å². The average Bonchev–Trinajstić information content (AvgIpc) is 2.97. The highest BCUT2D eigenvalue weighted by molar-refractivity contribution is 6.14. The van der Waals surface area contributed by atoms with E-state index < -0.39 is 0 Å². The summed E-state index contributed by atoms with van der Waals surface area (Å²) in [6.07, 6.45) is 6.97. The van der Waals surface area contributed by atoms with Crippen LogP contribution in [0.25, 0.3) is 6.08 Å². The Bertz CT molecular complexity index is 702. The standard InChI is InChI=1S/C20H25N3O3/c24-19-18(21-20(25)23(19)17-4-2-1-3-5-17)14-15-6-8-16(9-7-15)22-10-12-26-13-11-22/h6-9,14,17H,1-5,10-13H2,(H,21,25)/b18-14-. The highest BCUT2D eigenvalue weighted by Gasteiger charge is 2.38. The lowest BCUT2D eigenvalue weighted by Crippen LogP contribution is -2.41. The lowest BCUT2D eigenvalue weighted by atomic mass is 9.94. The minimum atomic E-state index is -0.280. The number of benzene rings is 1. The smallest absolute Gasteiger partial charge is 0.329 e. The van der Waals surface area contributed by atoms with Crippen LogP contribution in [0.4, 0.5) is 10.5 Å². The summed E-state index contributed by atoms with van der Waals surface area (Å²) in [5.74, 6) is -0.195. The Hall–Kier alpha value is -2.34. The monoisotopic (exact) mass is 355 g/mol. The lowest BCUT2D eigenvalue weighted by molar-refractivity contribution is -0.124. The molecular formula is C20H25N3O3. The number of imide groups is 1. The molecule has 6 nitrogen and oxygen atoms in total. The number of nitrogens with zero attached hydrogens (tertiary/aromatic N) is 2. The van der Waals surface area contributed by atoms with Crippen molar-refractivity contribution in [2.75, 3.05) is 31.2 Å². The van der Waals surface area contributed by atoms with E-state index in [1.54, 1.807) is 6.08 Å². The van der Waals surface area contributed by atoms with Gasteiger partial charge in [0.05, 0.1) is 13.2 Å². The molecule has 0 aromatic heterocycles. The van der Waals surface area contributed by atoms with Gasteiger partial charge in [0, 0.05) is 24.8 Å². The van der Waals surface area contributed by atoms with Crippen molar-refractivity contribution in [2.24, 2.45) is 0 Å². The number of amides is 3. The third kappa shape index (κ3) is 3.46. The molecule has 1 aliphatic carbocycles. The Morgan fingerprint density at radius 1 is 1.00 bits per heavy atom. The molecule has 0 radical (unpaired) electrons. The summed E-state index contributed by atoms with van der Waals surface area (Å²) in [6.45, 7) is 3.29. The third-order valence-electron chi connectivity index (χ3n) is 5.43. The molecule has 1 aromatic rings. The molecule has 1 N–H and O–H groups in total. The van der Waals surface area contributed by atoms with E-state index in [1.807, 2.05) is 12.1 Å². The first-order valence-corrected chi connectivity index (χ1v) is 9.51. The van der Waals surface area contributed by atoms with Crippen molar-refractivity contribution >= 4 is 23.7 Å². The van der Waals surface area contributed by atoms with Gasteiger partial charge in [-0.1, -0.05) is 31.4 Å². The van der Waals surface area contributed by atoms with E-state index in [4.69, 9.17) is 4.74 Å². The van der Waals surface area contributed by atoms with Crippen molar-refractivity contribution in [3.63, 3.8) is 0 Å². The number of carbonyl (C=O) groups is 2. The van der Waals surface area contributed by atoms with Crippen molar-refractivity contribution in [1.29, 1.82) is 0 Å². The molecular weight excluding hydrogens is 330 g/mol. The Kier molecular flexibility index (Phi) is 4.93. The molecule has 0 unspecified atom stereocenters. The maximum atomic E-state index is 12.7. The second kappa shape index (κ2) is 7.50. The molecule has 6 heteroatoms. The maximum Gasteiger partial charge on any atom is 0.329 e. The summed E-state index contributed by atoms with van der Waals surface area (Å²) >= 11 is 0. The van der Waals surface area contributed by atoms with Gasteiger partial charge in [0.25, 0.3) is 5.91 Å². The maximum absolute atomic E-state index is 12.7. The zero-order valence-electron chi connectivity index (χ0n) is 14.9. The Balaban J connectivity index is 1.47. The SMILES string of the molecule is O=C1N/C(=C\c2ccc(N3CCOCC3)cc2)C(=O)N1C1CCCCC1. The van der Waals surface area contributed by atoms with Gasteiger partial charge in [0.1, 0.15) is 5.70 Å². The Morgan fingerprint density at radius 3 is 2.38 bits per heavy atom. The van der Waals surface area contributed by atoms with Crippen LogP contribution in [-0.2, 0) is 9.53 Å². The molecule has 0 bridgehead atoms. The number of morpholine rings is 1. The average molecular weight is 355 g/mol. The molecule has 2 aliphatic heterocycles. The van der Waals surface area contributed by atoms with Crippen LogP contribution in [0, 0.1) is 0 Å². The van der Waals surface area contributed by atoms with Crippen molar-refractivity contribution < 1.29 is 14.3 Å². The van der Waals surface area contributed by atoms with Crippen molar-refractivity contribution in [1.82, 2.24) is 10.2 Å². The molecule has 138 valence electrons. The molecule has 4 rings (SSSR count). The number of anilines is 1. The van der Waals surface area contributed by atoms with E-state index in [1.165, 1.54) is 11.3 Å². The predicted molar refractivity (Wildman–Crippen MR) is 99.7 cm³/mol. The zero-order valence-corrected chi connectivity index (χ0v) is 14.9. The number of hydrogen-bond donors (Lipinski definition) is 1. The summed E-state index contributed by atoms with van der Waals surface area (Å²) in [4.78, 5) is 28.7. The van der Waals surface area contributed by atoms with Gasteiger partial charge in [0.15, 0.2) is 0 Å². The molecule has 3 amide bonds. The van der Waals surface area contributed by atoms with E-state index in [0.717, 1.165) is 63.2 Å². The first-order chi connectivity index (χ1) is 12.7. The van der Waals surface area contributed by atoms with Gasteiger partial charge in [-0.05, 0) is 36.6 Å². The molecule has 2 heterocycles. The Labute approximate surface area is 153 Å². The van der Waals surface area contributed by atoms with Crippen LogP contribution in [0.2, 0.25) is 0 Å². The van der Waals surface area contributed by atoms with E-state index in [2.05, 4.69) is 22.3 Å². The summed E-state index contributed by atoms with van der Waals surface area (Å²) in [7, 11) is 0. The fourth-order valence-corrected chi connectivity index (χ4v) is 3.99. The summed E-state index contributed by atoms with van der Waals surface area (Å²) in [6, 6.07) is 7.85. The number of nitrogens with one attached hydrogen (secondary N) is 1. The van der Waals surface area contributed by atoms with Crippen LogP contribution in [0.3, 0.4) is 0 Å². The van der Waals surface area contributed by atoms with Gasteiger partial charge in [-0.2, -0.15) is 0 Å². The molecule has 26 heavy (non-hydrogen) atoms. The summed E-state index contributed by atoms with van der Waals surface area (Å²) in [5.41, 5.74) is 2.44. The fourth-order valence-electron chi connectivity index (χ4n) is 3.99. The first-order valence-electron chi connectivity index (χ1n) is 9.51. The minimum absolute atomic E-state index is 0.0471. The topological polar surface area (TPSA) is 61.9 Å². The quantitative estimate of drug-likeness (QED) is 0.669. The van der Waals surface area contributed by atoms with Gasteiger partial charge in [-0.15, -0.1) is 0 Å². The molecule has 3 fully saturated rings. The lowest BCUT2D eigenvalue weighted by Gasteiger charge is -2.28. The van der Waals surface area contributed by atoms with Gasteiger partial charge < -0.3 is 15.0 Å². The first kappa shape index (κ1) is 17.1. The summed E-state index contributed by atoms with van der Waals surface area (Å²) < 4.78 is 5.38. The van der Waals surface area contributed by atoms with E-state index in [9.17, 15) is 9.59 Å². The third-order valence-corrected chi connectivity index (χ3v) is 5.43. The Morgan fingerprint density at radius 2 is 1.69 bits per heavy atom. The van der Waals surface area contributed by atoms with Crippen LogP contribution in [0.1, 0.15) is 37.7 Å². The number of ether oxygens (including phenoxy) is 1. The molecule has 1 aromatic carbocycles. The van der Waals surface area contributed by atoms with Crippen molar-refractivity contribution in [3.05, 3.63) is 35.5 Å². The number of carbonyl (C=O) groups excluding carboxylic acids is 2. The fraction of sp³-hybridized carbons (Fsp3) is 0.500. The van der Waals surface area contributed by atoms with Crippen LogP contribution < -0.4 is 10.2 Å². The number of rotatable bonds is 3. The highest BCUT2D eigenvalue weighted by Crippen LogP contribution is 2.27. The second-order valence-corrected chi connectivity index (χ2v) is 7.15. The molecule has 0 spiro atoms. The van der Waals surface area contributed by atoms with Crippen molar-refractivity contribution in [3.8, 4) is 0 Å².